The molecule has 1 aromatic rings. The molecule has 1 heterocycles. The summed E-state index contributed by atoms with van der Waals surface area (Å²) in [6.07, 6.45) is -8.26. The molecule has 0 bridgehead atoms. The highest BCUT2D eigenvalue weighted by Crippen LogP contribution is 2.36. The molecule has 0 atom stereocenters. The molecule has 0 aliphatic carbocycles. The minimum Gasteiger partial charge on any atom is -0.326 e. The third-order valence-corrected chi connectivity index (χ3v) is 2.13. The molecule has 0 radical (unpaired) electrons. The molecule has 0 fully saturated rings. The van der Waals surface area contributed by atoms with Crippen molar-refractivity contribution >= 4 is 11.6 Å². The summed E-state index contributed by atoms with van der Waals surface area (Å²) in [7, 11) is 0. The van der Waals surface area contributed by atoms with Gasteiger partial charge in [0, 0.05) is 17.7 Å². The normalized spacial score (nSPS) is 12.2. The number of halogens is 6. The van der Waals surface area contributed by atoms with Crippen LogP contribution in [0.25, 0.3) is 0 Å². The first-order valence-corrected chi connectivity index (χ1v) is 4.40. The van der Waals surface area contributed by atoms with Crippen LogP contribution in [0.3, 0.4) is 0 Å². The standard InChI is InChI=1S/C8H6ClF5N2/c9-6-3(2-15)1-4(7(10)11)5(16-6)8(12,13)14/h1,7H,2,15H2. The Morgan fingerprint density at radius 3 is 2.31 bits per heavy atom. The van der Waals surface area contributed by atoms with Gasteiger partial charge in [0.1, 0.15) is 5.15 Å². The number of nitrogens with zero attached hydrogens (tertiary/aromatic N) is 1. The third kappa shape index (κ3) is 2.59. The molecular weight excluding hydrogens is 255 g/mol. The average Bonchev–Trinajstić information content (AvgIpc) is 2.15. The van der Waals surface area contributed by atoms with E-state index in [9.17, 15) is 22.0 Å². The van der Waals surface area contributed by atoms with Gasteiger partial charge in [-0.05, 0) is 6.07 Å². The first-order valence-electron chi connectivity index (χ1n) is 4.02. The number of rotatable bonds is 2. The fraction of sp³-hybridized carbons (Fsp3) is 0.375. The fourth-order valence-electron chi connectivity index (χ4n) is 1.09. The second kappa shape index (κ2) is 4.50. The van der Waals surface area contributed by atoms with Crippen molar-refractivity contribution in [3.05, 3.63) is 28.0 Å². The molecule has 2 nitrogen and oxygen atoms in total. The maximum atomic E-state index is 12.4. The van der Waals surface area contributed by atoms with Gasteiger partial charge in [-0.1, -0.05) is 11.6 Å². The first kappa shape index (κ1) is 13.1. The van der Waals surface area contributed by atoms with Crippen LogP contribution >= 0.6 is 11.6 Å². The minimum atomic E-state index is -4.97. The largest absolute Gasteiger partial charge is 0.433 e. The Bertz CT molecular complexity index is 391. The van der Waals surface area contributed by atoms with Crippen LogP contribution in [0.1, 0.15) is 23.2 Å². The van der Waals surface area contributed by atoms with Gasteiger partial charge in [0.15, 0.2) is 5.69 Å². The maximum Gasteiger partial charge on any atom is 0.433 e. The van der Waals surface area contributed by atoms with Crippen LogP contribution < -0.4 is 5.73 Å². The number of hydrogen-bond donors (Lipinski definition) is 1. The topological polar surface area (TPSA) is 38.9 Å². The number of nitrogens with two attached hydrogens (primary N) is 1. The highest BCUT2D eigenvalue weighted by molar-refractivity contribution is 6.30. The Labute approximate surface area is 92.2 Å². The lowest BCUT2D eigenvalue weighted by atomic mass is 10.1. The fourth-order valence-corrected chi connectivity index (χ4v) is 1.30. The van der Waals surface area contributed by atoms with Gasteiger partial charge >= 0.3 is 6.18 Å². The maximum absolute atomic E-state index is 12.4. The molecule has 0 saturated carbocycles. The summed E-state index contributed by atoms with van der Waals surface area (Å²) in [4.78, 5) is 2.92. The molecular formula is C8H6ClF5N2. The molecule has 0 spiro atoms. The van der Waals surface area contributed by atoms with Crippen molar-refractivity contribution in [2.24, 2.45) is 5.73 Å². The molecule has 0 aromatic carbocycles. The van der Waals surface area contributed by atoms with E-state index in [0.29, 0.717) is 6.07 Å². The van der Waals surface area contributed by atoms with Crippen LogP contribution in [0.5, 0.6) is 0 Å². The molecule has 16 heavy (non-hydrogen) atoms. The zero-order valence-corrected chi connectivity index (χ0v) is 8.41. The van der Waals surface area contributed by atoms with E-state index in [1.807, 2.05) is 0 Å². The zero-order valence-electron chi connectivity index (χ0n) is 7.65. The predicted octanol–water partition coefficient (Wildman–Crippen LogP) is 3.15. The van der Waals surface area contributed by atoms with Crippen molar-refractivity contribution in [2.45, 2.75) is 19.1 Å². The van der Waals surface area contributed by atoms with E-state index in [0.717, 1.165) is 0 Å². The van der Waals surface area contributed by atoms with Gasteiger partial charge in [-0.3, -0.25) is 0 Å². The number of alkyl halides is 5. The summed E-state index contributed by atoms with van der Waals surface area (Å²) in [6, 6.07) is 0.628. The van der Waals surface area contributed by atoms with Crippen LogP contribution in [-0.4, -0.2) is 4.98 Å². The van der Waals surface area contributed by atoms with Crippen LogP contribution in [0, 0.1) is 0 Å². The van der Waals surface area contributed by atoms with Crippen molar-refractivity contribution in [1.29, 1.82) is 0 Å². The quantitative estimate of drug-likeness (QED) is 0.655. The van der Waals surface area contributed by atoms with E-state index in [1.54, 1.807) is 0 Å². The predicted molar refractivity (Wildman–Crippen MR) is 47.1 cm³/mol. The third-order valence-electron chi connectivity index (χ3n) is 1.80. The summed E-state index contributed by atoms with van der Waals surface area (Å²) in [5, 5.41) is -0.515. The first-order chi connectivity index (χ1) is 7.27. The van der Waals surface area contributed by atoms with E-state index in [4.69, 9.17) is 17.3 Å². The molecule has 0 saturated heterocycles. The van der Waals surface area contributed by atoms with Gasteiger partial charge in [0.2, 0.25) is 0 Å². The SMILES string of the molecule is NCc1cc(C(F)F)c(C(F)(F)F)nc1Cl. The van der Waals surface area contributed by atoms with E-state index in [2.05, 4.69) is 4.98 Å². The van der Waals surface area contributed by atoms with Gasteiger partial charge in [0.05, 0.1) is 0 Å². The highest BCUT2D eigenvalue weighted by Gasteiger charge is 2.38. The van der Waals surface area contributed by atoms with Crippen LogP contribution in [0.15, 0.2) is 6.07 Å². The lowest BCUT2D eigenvalue weighted by molar-refractivity contribution is -0.143. The molecule has 2 N–H and O–H groups in total. The Kier molecular flexibility index (Phi) is 3.69. The Hall–Kier alpha value is -0.950. The van der Waals surface area contributed by atoms with E-state index < -0.39 is 29.0 Å². The zero-order chi connectivity index (χ0) is 12.5. The van der Waals surface area contributed by atoms with Gasteiger partial charge in [-0.15, -0.1) is 0 Å². The number of pyridine rings is 1. The van der Waals surface area contributed by atoms with E-state index in [-0.39, 0.29) is 12.1 Å². The van der Waals surface area contributed by atoms with Gasteiger partial charge in [-0.25, -0.2) is 13.8 Å². The summed E-state index contributed by atoms with van der Waals surface area (Å²) in [5.41, 5.74) is 2.19. The summed E-state index contributed by atoms with van der Waals surface area (Å²) in [5.74, 6) is 0. The summed E-state index contributed by atoms with van der Waals surface area (Å²) < 4.78 is 61.8. The van der Waals surface area contributed by atoms with Crippen LogP contribution in [0.4, 0.5) is 22.0 Å². The lowest BCUT2D eigenvalue weighted by Crippen LogP contribution is -2.14. The van der Waals surface area contributed by atoms with Crippen molar-refractivity contribution in [3.8, 4) is 0 Å². The molecule has 90 valence electrons. The van der Waals surface area contributed by atoms with Crippen LogP contribution in [-0.2, 0) is 12.7 Å². The van der Waals surface area contributed by atoms with Crippen molar-refractivity contribution in [2.75, 3.05) is 0 Å². The Balaban J connectivity index is 3.42. The van der Waals surface area contributed by atoms with E-state index in [1.165, 1.54) is 0 Å². The second-order valence-corrected chi connectivity index (χ2v) is 3.24. The highest BCUT2D eigenvalue weighted by atomic mass is 35.5. The van der Waals surface area contributed by atoms with Crippen LogP contribution in [0.2, 0.25) is 5.15 Å². The monoisotopic (exact) mass is 260 g/mol. The lowest BCUT2D eigenvalue weighted by Gasteiger charge is -2.13. The van der Waals surface area contributed by atoms with Gasteiger partial charge in [-0.2, -0.15) is 13.2 Å². The summed E-state index contributed by atoms with van der Waals surface area (Å²) >= 11 is 5.38. The Morgan fingerprint density at radius 1 is 1.38 bits per heavy atom. The molecule has 0 aliphatic rings. The van der Waals surface area contributed by atoms with Crippen molar-refractivity contribution in [1.82, 2.24) is 4.98 Å². The van der Waals surface area contributed by atoms with Gasteiger partial charge < -0.3 is 5.73 Å². The smallest absolute Gasteiger partial charge is 0.326 e. The summed E-state index contributed by atoms with van der Waals surface area (Å²) in [6.45, 7) is -0.260. The van der Waals surface area contributed by atoms with E-state index >= 15 is 0 Å². The average molecular weight is 261 g/mol. The molecule has 0 aliphatic heterocycles. The number of hydrogen-bond acceptors (Lipinski definition) is 2. The second-order valence-electron chi connectivity index (χ2n) is 2.88. The van der Waals surface area contributed by atoms with Crippen molar-refractivity contribution in [3.63, 3.8) is 0 Å². The number of aromatic nitrogens is 1. The molecule has 1 rings (SSSR count). The molecule has 1 aromatic heterocycles. The Morgan fingerprint density at radius 2 is 1.94 bits per heavy atom. The molecule has 0 amide bonds. The van der Waals surface area contributed by atoms with Crippen molar-refractivity contribution < 1.29 is 22.0 Å². The molecule has 0 unspecified atom stereocenters. The minimum absolute atomic E-state index is 0.0510. The molecule has 8 heteroatoms. The van der Waals surface area contributed by atoms with Gasteiger partial charge in [0.25, 0.3) is 6.43 Å².